The van der Waals surface area contributed by atoms with Gasteiger partial charge in [0.25, 0.3) is 0 Å². The van der Waals surface area contributed by atoms with Crippen LogP contribution in [0.3, 0.4) is 0 Å². The fraction of sp³-hybridized carbons (Fsp3) is 0.727. The summed E-state index contributed by atoms with van der Waals surface area (Å²) in [6, 6.07) is 0. The lowest BCUT2D eigenvalue weighted by molar-refractivity contribution is 0.335. The summed E-state index contributed by atoms with van der Waals surface area (Å²) >= 11 is 13.7. The molecule has 1 aromatic heterocycles. The Labute approximate surface area is 106 Å². The topological polar surface area (TPSA) is 12.9 Å². The minimum Gasteiger partial charge on any atom is -0.250 e. The minimum absolute atomic E-state index is 0.0968. The summed E-state index contributed by atoms with van der Waals surface area (Å²) in [5.41, 5.74) is 3.15. The number of hydrogen-bond donors (Lipinski definition) is 0. The molecule has 0 aliphatic carbocycles. The molecule has 1 nitrogen and oxygen atoms in total. The van der Waals surface area contributed by atoms with Crippen LogP contribution in [-0.4, -0.2) is 16.7 Å². The monoisotopic (exact) mass is 265 g/mol. The van der Waals surface area contributed by atoms with Gasteiger partial charge in [0.2, 0.25) is 0 Å². The van der Waals surface area contributed by atoms with E-state index < -0.39 is 0 Å². The van der Waals surface area contributed by atoms with E-state index in [9.17, 15) is 0 Å². The van der Waals surface area contributed by atoms with E-state index in [0.717, 1.165) is 25.0 Å². The summed E-state index contributed by atoms with van der Waals surface area (Å²) in [5, 5.41) is 0. The van der Waals surface area contributed by atoms with Crippen LogP contribution in [0.25, 0.3) is 0 Å². The minimum atomic E-state index is 0.0968. The molecule has 0 amide bonds. The second-order valence-corrected chi connectivity index (χ2v) is 5.46. The molecule has 1 aromatic rings. The van der Waals surface area contributed by atoms with Crippen molar-refractivity contribution in [3.8, 4) is 0 Å². The molecule has 0 aromatic carbocycles. The first kappa shape index (κ1) is 13.3. The van der Waals surface area contributed by atoms with Crippen molar-refractivity contribution in [2.45, 2.75) is 33.1 Å². The van der Waals surface area contributed by atoms with Gasteiger partial charge in [-0.15, -0.1) is 34.5 Å². The van der Waals surface area contributed by atoms with Crippen molar-refractivity contribution in [1.29, 1.82) is 0 Å². The number of hydrogen-bond acceptors (Lipinski definition) is 2. The average Bonchev–Trinajstić information content (AvgIpc) is 2.67. The summed E-state index contributed by atoms with van der Waals surface area (Å²) in [4.78, 5) is 5.61. The van der Waals surface area contributed by atoms with Crippen LogP contribution in [0.5, 0.6) is 0 Å². The predicted molar refractivity (Wildman–Crippen MR) is 69.3 cm³/mol. The van der Waals surface area contributed by atoms with Gasteiger partial charge < -0.3 is 0 Å². The number of nitrogens with zero attached hydrogens (tertiary/aromatic N) is 1. The standard InChI is InChI=1S/C11H17Cl2NS/c1-3-11(6-12,7-13)5-4-10-9(2)14-8-15-10/h8H,3-7H2,1-2H3. The number of rotatable bonds is 6. The Morgan fingerprint density at radius 3 is 2.47 bits per heavy atom. The number of aryl methyl sites for hydroxylation is 2. The van der Waals surface area contributed by atoms with Gasteiger partial charge in [0.15, 0.2) is 0 Å². The third kappa shape index (κ3) is 3.33. The lowest BCUT2D eigenvalue weighted by Gasteiger charge is -2.27. The molecular weight excluding hydrogens is 249 g/mol. The number of halogens is 2. The number of alkyl halides is 2. The smallest absolute Gasteiger partial charge is 0.0797 e. The van der Waals surface area contributed by atoms with Crippen molar-refractivity contribution in [2.24, 2.45) is 5.41 Å². The van der Waals surface area contributed by atoms with Crippen LogP contribution < -0.4 is 0 Å². The normalized spacial score (nSPS) is 12.0. The second kappa shape index (κ2) is 6.07. The Bertz CT molecular complexity index is 286. The lowest BCUT2D eigenvalue weighted by Crippen LogP contribution is -2.24. The summed E-state index contributed by atoms with van der Waals surface area (Å²) in [6.45, 7) is 4.21. The molecule has 1 heterocycles. The summed E-state index contributed by atoms with van der Waals surface area (Å²) < 4.78 is 0. The maximum atomic E-state index is 6.01. The van der Waals surface area contributed by atoms with Crippen LogP contribution >= 0.6 is 34.5 Å². The van der Waals surface area contributed by atoms with E-state index in [1.807, 2.05) is 5.51 Å². The molecule has 0 saturated heterocycles. The zero-order valence-corrected chi connectivity index (χ0v) is 11.6. The summed E-state index contributed by atoms with van der Waals surface area (Å²) in [5.74, 6) is 1.29. The Balaban J connectivity index is 2.58. The number of thiazole rings is 1. The first-order chi connectivity index (χ1) is 7.17. The van der Waals surface area contributed by atoms with E-state index >= 15 is 0 Å². The van der Waals surface area contributed by atoms with E-state index in [0.29, 0.717) is 11.8 Å². The summed E-state index contributed by atoms with van der Waals surface area (Å²) in [7, 11) is 0. The van der Waals surface area contributed by atoms with E-state index in [1.54, 1.807) is 11.3 Å². The molecule has 4 heteroatoms. The third-order valence-corrected chi connectivity index (χ3v) is 5.17. The highest BCUT2D eigenvalue weighted by Crippen LogP contribution is 2.32. The largest absolute Gasteiger partial charge is 0.250 e. The molecule has 0 radical (unpaired) electrons. The van der Waals surface area contributed by atoms with E-state index in [1.165, 1.54) is 4.88 Å². The second-order valence-electron chi connectivity index (χ2n) is 3.98. The van der Waals surface area contributed by atoms with Crippen LogP contribution in [0.4, 0.5) is 0 Å². The highest BCUT2D eigenvalue weighted by molar-refractivity contribution is 7.09. The van der Waals surface area contributed by atoms with Gasteiger partial charge in [-0.25, -0.2) is 4.98 Å². The van der Waals surface area contributed by atoms with Crippen molar-refractivity contribution >= 4 is 34.5 Å². The van der Waals surface area contributed by atoms with Crippen LogP contribution in [0.2, 0.25) is 0 Å². The summed E-state index contributed by atoms with van der Waals surface area (Å²) in [6.07, 6.45) is 3.14. The van der Waals surface area contributed by atoms with Crippen molar-refractivity contribution < 1.29 is 0 Å². The van der Waals surface area contributed by atoms with Crippen molar-refractivity contribution in [2.75, 3.05) is 11.8 Å². The zero-order valence-electron chi connectivity index (χ0n) is 9.22. The van der Waals surface area contributed by atoms with Gasteiger partial charge in [0, 0.05) is 16.6 Å². The van der Waals surface area contributed by atoms with Gasteiger partial charge in [-0.3, -0.25) is 0 Å². The van der Waals surface area contributed by atoms with E-state index in [4.69, 9.17) is 23.2 Å². The average molecular weight is 266 g/mol. The maximum Gasteiger partial charge on any atom is 0.0797 e. The quantitative estimate of drug-likeness (QED) is 0.701. The molecule has 0 unspecified atom stereocenters. The molecule has 0 atom stereocenters. The molecule has 0 aliphatic rings. The molecule has 0 fully saturated rings. The molecule has 0 aliphatic heterocycles. The van der Waals surface area contributed by atoms with Crippen LogP contribution in [0, 0.1) is 12.3 Å². The SMILES string of the molecule is CCC(CCl)(CCl)CCc1scnc1C. The van der Waals surface area contributed by atoms with Crippen LogP contribution in [0.1, 0.15) is 30.3 Å². The van der Waals surface area contributed by atoms with Crippen molar-refractivity contribution in [3.63, 3.8) is 0 Å². The molecule has 15 heavy (non-hydrogen) atoms. The zero-order chi connectivity index (χ0) is 11.3. The van der Waals surface area contributed by atoms with Gasteiger partial charge in [0.05, 0.1) is 11.2 Å². The first-order valence-electron chi connectivity index (χ1n) is 5.18. The Kier molecular flexibility index (Phi) is 5.37. The first-order valence-corrected chi connectivity index (χ1v) is 7.13. The van der Waals surface area contributed by atoms with E-state index in [-0.39, 0.29) is 5.41 Å². The molecule has 1 rings (SSSR count). The van der Waals surface area contributed by atoms with Crippen LogP contribution in [-0.2, 0) is 6.42 Å². The molecule has 0 N–H and O–H groups in total. The van der Waals surface area contributed by atoms with Crippen molar-refractivity contribution in [3.05, 3.63) is 16.1 Å². The van der Waals surface area contributed by atoms with Gasteiger partial charge in [0.1, 0.15) is 0 Å². The molecular formula is C11H17Cl2NS. The number of aromatic nitrogens is 1. The highest BCUT2D eigenvalue weighted by Gasteiger charge is 2.26. The Morgan fingerprint density at radius 1 is 1.40 bits per heavy atom. The third-order valence-electron chi connectivity index (χ3n) is 3.04. The predicted octanol–water partition coefficient (Wildman–Crippen LogP) is 4.26. The van der Waals surface area contributed by atoms with Gasteiger partial charge in [-0.1, -0.05) is 6.92 Å². The lowest BCUT2D eigenvalue weighted by atomic mass is 9.84. The highest BCUT2D eigenvalue weighted by atomic mass is 35.5. The fourth-order valence-corrected chi connectivity index (χ4v) is 3.19. The Hall–Kier alpha value is 0.210. The van der Waals surface area contributed by atoms with Gasteiger partial charge in [-0.2, -0.15) is 0 Å². The maximum absolute atomic E-state index is 6.01. The molecule has 86 valence electrons. The molecule has 0 bridgehead atoms. The fourth-order valence-electron chi connectivity index (χ4n) is 1.48. The molecule has 0 spiro atoms. The van der Waals surface area contributed by atoms with Gasteiger partial charge in [-0.05, 0) is 31.6 Å². The Morgan fingerprint density at radius 2 is 2.07 bits per heavy atom. The van der Waals surface area contributed by atoms with E-state index in [2.05, 4.69) is 18.8 Å². The van der Waals surface area contributed by atoms with Crippen LogP contribution in [0.15, 0.2) is 5.51 Å². The van der Waals surface area contributed by atoms with Gasteiger partial charge >= 0.3 is 0 Å². The molecule has 0 saturated carbocycles. The van der Waals surface area contributed by atoms with Crippen molar-refractivity contribution in [1.82, 2.24) is 4.98 Å².